The minimum Gasteiger partial charge on any atom is -0.306 e. The predicted octanol–water partition coefficient (Wildman–Crippen LogP) is 1.30. The van der Waals surface area contributed by atoms with E-state index in [1.165, 1.54) is 31.0 Å². The van der Waals surface area contributed by atoms with Crippen molar-refractivity contribution in [2.75, 3.05) is 31.6 Å². The Bertz CT molecular complexity index is 112. The predicted molar refractivity (Wildman–Crippen MR) is 46.4 cm³/mol. The fraction of sp³-hybridized carbons (Fsp3) is 1.00. The van der Waals surface area contributed by atoms with Gasteiger partial charge in [0, 0.05) is 13.1 Å². The Morgan fingerprint density at radius 2 is 2.10 bits per heavy atom. The van der Waals surface area contributed by atoms with Gasteiger partial charge in [-0.05, 0) is 36.8 Å². The Morgan fingerprint density at radius 1 is 1.30 bits per heavy atom. The molecule has 10 heavy (non-hydrogen) atoms. The van der Waals surface area contributed by atoms with E-state index in [1.54, 1.807) is 0 Å². The molecule has 1 nitrogen and oxygen atoms in total. The molecule has 2 heterocycles. The Morgan fingerprint density at radius 3 is 2.90 bits per heavy atom. The van der Waals surface area contributed by atoms with Crippen molar-refractivity contribution >= 4 is 11.8 Å². The Labute approximate surface area is 67.2 Å². The van der Waals surface area contributed by atoms with Gasteiger partial charge in [-0.1, -0.05) is 0 Å². The van der Waals surface area contributed by atoms with E-state index in [1.807, 2.05) is 0 Å². The third kappa shape index (κ3) is 1.19. The molecular weight excluding hydrogens is 142 g/mol. The van der Waals surface area contributed by atoms with Gasteiger partial charge in [0.1, 0.15) is 0 Å². The fourth-order valence-corrected chi connectivity index (χ4v) is 3.47. The van der Waals surface area contributed by atoms with Crippen molar-refractivity contribution in [2.45, 2.75) is 6.42 Å². The summed E-state index contributed by atoms with van der Waals surface area (Å²) in [4.78, 5) is 2.49. The summed E-state index contributed by atoms with van der Waals surface area (Å²) < 4.78 is 0. The second-order valence-electron chi connectivity index (χ2n) is 3.60. The highest BCUT2D eigenvalue weighted by molar-refractivity contribution is 7.99. The Kier molecular flexibility index (Phi) is 1.92. The maximum Gasteiger partial charge on any atom is 0.00178 e. The molecule has 2 unspecified atom stereocenters. The number of hydrogen-bond donors (Lipinski definition) is 0. The Balaban J connectivity index is 1.97. The molecule has 2 fully saturated rings. The number of nitrogens with zero attached hydrogens (tertiary/aromatic N) is 1. The quantitative estimate of drug-likeness (QED) is 0.521. The molecule has 0 aromatic heterocycles. The lowest BCUT2D eigenvalue weighted by Gasteiger charge is -2.22. The number of thioether (sulfide) groups is 1. The van der Waals surface area contributed by atoms with Crippen molar-refractivity contribution in [1.82, 2.24) is 4.90 Å². The van der Waals surface area contributed by atoms with Gasteiger partial charge in [-0.15, -0.1) is 0 Å². The zero-order valence-electron chi connectivity index (χ0n) is 6.55. The molecule has 0 saturated carbocycles. The van der Waals surface area contributed by atoms with E-state index in [0.717, 1.165) is 11.8 Å². The van der Waals surface area contributed by atoms with Crippen LogP contribution in [-0.2, 0) is 0 Å². The van der Waals surface area contributed by atoms with E-state index in [9.17, 15) is 0 Å². The Hall–Kier alpha value is 0.310. The van der Waals surface area contributed by atoms with E-state index >= 15 is 0 Å². The van der Waals surface area contributed by atoms with Crippen LogP contribution in [0.3, 0.4) is 0 Å². The summed E-state index contributed by atoms with van der Waals surface area (Å²) >= 11 is 2.15. The van der Waals surface area contributed by atoms with Gasteiger partial charge in [0.2, 0.25) is 0 Å². The molecule has 0 aliphatic carbocycles. The molecule has 0 amide bonds. The first-order valence-electron chi connectivity index (χ1n) is 4.12. The highest BCUT2D eigenvalue weighted by atomic mass is 32.2. The molecule has 0 aromatic carbocycles. The summed E-state index contributed by atoms with van der Waals surface area (Å²) in [6.45, 7) is 2.73. The molecule has 2 atom stereocenters. The molecule has 0 bridgehead atoms. The van der Waals surface area contributed by atoms with E-state index in [4.69, 9.17) is 0 Å². The molecule has 58 valence electrons. The van der Waals surface area contributed by atoms with Crippen LogP contribution in [-0.4, -0.2) is 36.5 Å². The summed E-state index contributed by atoms with van der Waals surface area (Å²) in [5.74, 6) is 4.92. The molecule has 2 aliphatic rings. The van der Waals surface area contributed by atoms with Gasteiger partial charge in [0.05, 0.1) is 0 Å². The van der Waals surface area contributed by atoms with Crippen LogP contribution in [0.25, 0.3) is 0 Å². The third-order valence-corrected chi connectivity index (χ3v) is 3.91. The van der Waals surface area contributed by atoms with Crippen molar-refractivity contribution in [2.24, 2.45) is 11.8 Å². The van der Waals surface area contributed by atoms with E-state index in [-0.39, 0.29) is 0 Å². The summed E-state index contributed by atoms with van der Waals surface area (Å²) in [5, 5.41) is 0. The molecular formula is C8H15NS. The number of fused-ring (bicyclic) bond motifs is 1. The average Bonchev–Trinajstić information content (AvgIpc) is 2.27. The van der Waals surface area contributed by atoms with Crippen molar-refractivity contribution in [1.29, 1.82) is 0 Å². The van der Waals surface area contributed by atoms with Crippen molar-refractivity contribution < 1.29 is 0 Å². The van der Waals surface area contributed by atoms with Crippen LogP contribution in [0.1, 0.15) is 6.42 Å². The first-order chi connectivity index (χ1) is 4.86. The van der Waals surface area contributed by atoms with E-state index in [0.29, 0.717) is 0 Å². The van der Waals surface area contributed by atoms with E-state index in [2.05, 4.69) is 23.7 Å². The highest BCUT2D eigenvalue weighted by Crippen LogP contribution is 2.33. The minimum absolute atomic E-state index is 1.03. The minimum atomic E-state index is 1.03. The molecule has 0 N–H and O–H groups in total. The summed E-state index contributed by atoms with van der Waals surface area (Å²) in [5.41, 5.74) is 0. The lowest BCUT2D eigenvalue weighted by atomic mass is 9.95. The van der Waals surface area contributed by atoms with Crippen LogP contribution >= 0.6 is 11.8 Å². The molecule has 0 radical (unpaired) electrons. The van der Waals surface area contributed by atoms with Crippen LogP contribution in [0.5, 0.6) is 0 Å². The topological polar surface area (TPSA) is 3.24 Å². The highest BCUT2D eigenvalue weighted by Gasteiger charge is 2.32. The van der Waals surface area contributed by atoms with Crippen LogP contribution in [0.4, 0.5) is 0 Å². The lowest BCUT2D eigenvalue weighted by Crippen LogP contribution is -2.20. The van der Waals surface area contributed by atoms with Crippen molar-refractivity contribution in [3.63, 3.8) is 0 Å². The number of hydrogen-bond acceptors (Lipinski definition) is 2. The lowest BCUT2D eigenvalue weighted by molar-refractivity contribution is 0.393. The number of likely N-dealkylation sites (tertiary alicyclic amines) is 1. The molecule has 0 spiro atoms. The standard InChI is InChI=1S/C8H15NS/c1-9-4-7-2-3-10-6-8(7)5-9/h7-8H,2-6H2,1H3. The van der Waals surface area contributed by atoms with Crippen LogP contribution in [0.15, 0.2) is 0 Å². The largest absolute Gasteiger partial charge is 0.306 e. The normalized spacial score (nSPS) is 41.7. The first-order valence-corrected chi connectivity index (χ1v) is 5.28. The maximum atomic E-state index is 2.49. The SMILES string of the molecule is CN1CC2CCSCC2C1. The van der Waals surface area contributed by atoms with Crippen LogP contribution in [0, 0.1) is 11.8 Å². The fourth-order valence-electron chi connectivity index (χ4n) is 2.16. The third-order valence-electron chi connectivity index (χ3n) is 2.72. The molecule has 2 rings (SSSR count). The van der Waals surface area contributed by atoms with Gasteiger partial charge in [-0.2, -0.15) is 11.8 Å². The maximum absolute atomic E-state index is 2.49. The van der Waals surface area contributed by atoms with Crippen molar-refractivity contribution in [3.8, 4) is 0 Å². The van der Waals surface area contributed by atoms with Gasteiger partial charge in [-0.3, -0.25) is 0 Å². The zero-order chi connectivity index (χ0) is 6.97. The van der Waals surface area contributed by atoms with Crippen molar-refractivity contribution in [3.05, 3.63) is 0 Å². The van der Waals surface area contributed by atoms with Gasteiger partial charge in [0.15, 0.2) is 0 Å². The molecule has 0 aromatic rings. The molecule has 2 heteroatoms. The molecule has 2 aliphatic heterocycles. The molecule has 2 saturated heterocycles. The smallest absolute Gasteiger partial charge is 0.00178 e. The second kappa shape index (κ2) is 2.74. The van der Waals surface area contributed by atoms with Crippen LogP contribution in [0.2, 0.25) is 0 Å². The van der Waals surface area contributed by atoms with Gasteiger partial charge in [0.25, 0.3) is 0 Å². The monoisotopic (exact) mass is 157 g/mol. The van der Waals surface area contributed by atoms with Gasteiger partial charge in [-0.25, -0.2) is 0 Å². The summed E-state index contributed by atoms with van der Waals surface area (Å²) in [7, 11) is 2.25. The summed E-state index contributed by atoms with van der Waals surface area (Å²) in [6, 6.07) is 0. The van der Waals surface area contributed by atoms with Crippen LogP contribution < -0.4 is 0 Å². The average molecular weight is 157 g/mol. The second-order valence-corrected chi connectivity index (χ2v) is 4.75. The van der Waals surface area contributed by atoms with Gasteiger partial charge < -0.3 is 4.90 Å². The van der Waals surface area contributed by atoms with E-state index < -0.39 is 0 Å². The summed E-state index contributed by atoms with van der Waals surface area (Å²) in [6.07, 6.45) is 1.47. The first kappa shape index (κ1) is 6.99. The zero-order valence-corrected chi connectivity index (χ0v) is 7.36. The number of rotatable bonds is 0. The van der Waals surface area contributed by atoms with Gasteiger partial charge >= 0.3 is 0 Å².